The third kappa shape index (κ3) is 4.15. The number of thiocarbonyl (C=S) groups is 1. The number of nitrogens with zero attached hydrogens (tertiary/aromatic N) is 1. The summed E-state index contributed by atoms with van der Waals surface area (Å²) in [4.78, 5) is 4.09. The summed E-state index contributed by atoms with van der Waals surface area (Å²) < 4.78 is 13.6. The van der Waals surface area contributed by atoms with Crippen LogP contribution in [0.2, 0.25) is 5.02 Å². The first-order chi connectivity index (χ1) is 9.66. The molecule has 1 aromatic heterocycles. The Balaban J connectivity index is 1.83. The fourth-order valence-electron chi connectivity index (χ4n) is 1.67. The molecule has 0 amide bonds. The van der Waals surface area contributed by atoms with Crippen molar-refractivity contribution in [3.05, 3.63) is 59.0 Å². The fraction of sp³-hybridized carbons (Fsp3) is 0.143. The van der Waals surface area contributed by atoms with E-state index in [4.69, 9.17) is 23.8 Å². The van der Waals surface area contributed by atoms with Crippen LogP contribution in [0.15, 0.2) is 42.6 Å². The van der Waals surface area contributed by atoms with Gasteiger partial charge in [-0.3, -0.25) is 0 Å². The average Bonchev–Trinajstić information content (AvgIpc) is 2.43. The van der Waals surface area contributed by atoms with Crippen LogP contribution in [0.25, 0.3) is 0 Å². The van der Waals surface area contributed by atoms with E-state index in [0.717, 1.165) is 0 Å². The van der Waals surface area contributed by atoms with Crippen molar-refractivity contribution in [2.24, 2.45) is 0 Å². The third-order valence-electron chi connectivity index (χ3n) is 2.63. The average molecular weight is 310 g/mol. The van der Waals surface area contributed by atoms with Gasteiger partial charge in [0.25, 0.3) is 0 Å². The topological polar surface area (TPSA) is 37.0 Å². The maximum absolute atomic E-state index is 13.6. The molecule has 2 aromatic rings. The van der Waals surface area contributed by atoms with Crippen molar-refractivity contribution in [1.29, 1.82) is 0 Å². The number of rotatable bonds is 4. The number of benzene rings is 1. The summed E-state index contributed by atoms with van der Waals surface area (Å²) in [5, 5.41) is 6.80. The normalized spacial score (nSPS) is 10.1. The zero-order valence-electron chi connectivity index (χ0n) is 10.6. The van der Waals surface area contributed by atoms with Crippen molar-refractivity contribution in [3.8, 4) is 0 Å². The maximum Gasteiger partial charge on any atom is 0.171 e. The number of nitrogens with one attached hydrogen (secondary N) is 2. The van der Waals surface area contributed by atoms with E-state index in [-0.39, 0.29) is 5.82 Å². The fourth-order valence-corrected chi connectivity index (χ4v) is 2.13. The van der Waals surface area contributed by atoms with Gasteiger partial charge < -0.3 is 10.6 Å². The summed E-state index contributed by atoms with van der Waals surface area (Å²) >= 11 is 11.1. The largest absolute Gasteiger partial charge is 0.362 e. The van der Waals surface area contributed by atoms with Gasteiger partial charge in [0.2, 0.25) is 0 Å². The minimum absolute atomic E-state index is 0.303. The molecule has 3 nitrogen and oxygen atoms in total. The zero-order valence-corrected chi connectivity index (χ0v) is 12.1. The number of aromatic nitrogens is 1. The number of anilines is 1. The minimum atomic E-state index is -0.303. The van der Waals surface area contributed by atoms with Gasteiger partial charge >= 0.3 is 0 Å². The summed E-state index contributed by atoms with van der Waals surface area (Å²) in [6.45, 7) is 0.485. The van der Waals surface area contributed by atoms with Gasteiger partial charge in [-0.2, -0.15) is 0 Å². The van der Waals surface area contributed by atoms with Crippen LogP contribution in [0, 0.1) is 5.82 Å². The molecule has 0 radical (unpaired) electrons. The van der Waals surface area contributed by atoms with Crippen molar-refractivity contribution < 1.29 is 4.39 Å². The van der Waals surface area contributed by atoms with Gasteiger partial charge in [0.05, 0.1) is 0 Å². The third-order valence-corrected chi connectivity index (χ3v) is 3.23. The second-order valence-corrected chi connectivity index (χ2v) is 4.86. The monoisotopic (exact) mass is 309 g/mol. The number of hydrogen-bond acceptors (Lipinski definition) is 2. The van der Waals surface area contributed by atoms with Crippen molar-refractivity contribution in [2.75, 3.05) is 11.9 Å². The van der Waals surface area contributed by atoms with E-state index in [9.17, 15) is 4.39 Å². The molecule has 2 N–H and O–H groups in total. The van der Waals surface area contributed by atoms with Crippen LogP contribution in [-0.2, 0) is 6.42 Å². The van der Waals surface area contributed by atoms with Crippen molar-refractivity contribution in [2.45, 2.75) is 6.42 Å². The standard InChI is InChI=1S/C14H13ClFN3S/c15-11-4-3-5-12(16)10(11)7-9-18-14(20)19-13-6-1-2-8-17-13/h1-6,8H,7,9H2,(H2,17,18,19,20). The van der Waals surface area contributed by atoms with Crippen molar-refractivity contribution >= 4 is 34.7 Å². The number of pyridine rings is 1. The molecule has 0 bridgehead atoms. The van der Waals surface area contributed by atoms with Crippen LogP contribution in [0.5, 0.6) is 0 Å². The molecule has 20 heavy (non-hydrogen) atoms. The molecule has 0 aliphatic heterocycles. The summed E-state index contributed by atoms with van der Waals surface area (Å²) in [5.74, 6) is 0.358. The van der Waals surface area contributed by atoms with Crippen LogP contribution in [0.3, 0.4) is 0 Å². The molecular formula is C14H13ClFN3S. The van der Waals surface area contributed by atoms with Gasteiger partial charge in [-0.15, -0.1) is 0 Å². The van der Waals surface area contributed by atoms with E-state index in [1.54, 1.807) is 18.3 Å². The van der Waals surface area contributed by atoms with Crippen LogP contribution in [-0.4, -0.2) is 16.6 Å². The highest BCUT2D eigenvalue weighted by Gasteiger charge is 2.06. The minimum Gasteiger partial charge on any atom is -0.362 e. The van der Waals surface area contributed by atoms with Gasteiger partial charge in [-0.05, 0) is 42.9 Å². The van der Waals surface area contributed by atoms with Crippen LogP contribution in [0.1, 0.15) is 5.56 Å². The Labute approximate surface area is 127 Å². The lowest BCUT2D eigenvalue weighted by molar-refractivity contribution is 0.607. The van der Waals surface area contributed by atoms with E-state index < -0.39 is 0 Å². The van der Waals surface area contributed by atoms with Gasteiger partial charge in [-0.1, -0.05) is 23.7 Å². The van der Waals surface area contributed by atoms with E-state index in [1.807, 2.05) is 18.2 Å². The van der Waals surface area contributed by atoms with Crippen LogP contribution < -0.4 is 10.6 Å². The molecule has 0 fully saturated rings. The van der Waals surface area contributed by atoms with Gasteiger partial charge in [0.15, 0.2) is 5.11 Å². The predicted octanol–water partition coefficient (Wildman–Crippen LogP) is 3.40. The highest BCUT2D eigenvalue weighted by Crippen LogP contribution is 2.18. The molecular weight excluding hydrogens is 297 g/mol. The molecule has 6 heteroatoms. The predicted molar refractivity (Wildman–Crippen MR) is 83.6 cm³/mol. The Kier molecular flexibility index (Phi) is 5.26. The Morgan fingerprint density at radius 1 is 1.25 bits per heavy atom. The quantitative estimate of drug-likeness (QED) is 0.849. The SMILES string of the molecule is Fc1cccc(Cl)c1CCNC(=S)Nc1ccccn1. The lowest BCUT2D eigenvalue weighted by atomic mass is 10.1. The second-order valence-electron chi connectivity index (χ2n) is 4.05. The first-order valence-electron chi connectivity index (χ1n) is 6.05. The van der Waals surface area contributed by atoms with Crippen molar-refractivity contribution in [1.82, 2.24) is 10.3 Å². The van der Waals surface area contributed by atoms with Crippen LogP contribution >= 0.6 is 23.8 Å². The molecule has 0 spiro atoms. The van der Waals surface area contributed by atoms with Crippen molar-refractivity contribution in [3.63, 3.8) is 0 Å². The Hall–Kier alpha value is -1.72. The molecule has 0 saturated heterocycles. The van der Waals surface area contributed by atoms with E-state index >= 15 is 0 Å². The summed E-state index contributed by atoms with van der Waals surface area (Å²) in [5.41, 5.74) is 0.488. The van der Waals surface area contributed by atoms with E-state index in [1.165, 1.54) is 6.07 Å². The molecule has 0 saturated carbocycles. The van der Waals surface area contributed by atoms with Crippen LogP contribution in [0.4, 0.5) is 10.2 Å². The highest BCUT2D eigenvalue weighted by molar-refractivity contribution is 7.80. The zero-order chi connectivity index (χ0) is 14.4. The molecule has 0 atom stereocenters. The highest BCUT2D eigenvalue weighted by atomic mass is 35.5. The molecule has 1 aromatic carbocycles. The van der Waals surface area contributed by atoms with E-state index in [2.05, 4.69) is 15.6 Å². The lowest BCUT2D eigenvalue weighted by Gasteiger charge is -2.10. The first-order valence-corrected chi connectivity index (χ1v) is 6.84. The molecule has 0 aliphatic rings. The van der Waals surface area contributed by atoms with Gasteiger partial charge in [0.1, 0.15) is 11.6 Å². The smallest absolute Gasteiger partial charge is 0.171 e. The Bertz CT molecular complexity index is 572. The van der Waals surface area contributed by atoms with Gasteiger partial charge in [-0.25, -0.2) is 9.37 Å². The molecule has 0 aliphatic carbocycles. The summed E-state index contributed by atoms with van der Waals surface area (Å²) in [6, 6.07) is 10.1. The molecule has 0 unspecified atom stereocenters. The Morgan fingerprint density at radius 3 is 2.80 bits per heavy atom. The molecule has 1 heterocycles. The first kappa shape index (κ1) is 14.7. The number of halogens is 2. The Morgan fingerprint density at radius 2 is 2.10 bits per heavy atom. The van der Waals surface area contributed by atoms with E-state index in [0.29, 0.717) is 34.5 Å². The van der Waals surface area contributed by atoms with Gasteiger partial charge in [0, 0.05) is 23.3 Å². The lowest BCUT2D eigenvalue weighted by Crippen LogP contribution is -2.30. The summed E-state index contributed by atoms with van der Waals surface area (Å²) in [6.07, 6.45) is 2.12. The molecule has 2 rings (SSSR count). The maximum atomic E-state index is 13.6. The summed E-state index contributed by atoms with van der Waals surface area (Å²) in [7, 11) is 0. The molecule has 104 valence electrons. The second kappa shape index (κ2) is 7.17. The number of hydrogen-bond donors (Lipinski definition) is 2.